The van der Waals surface area contributed by atoms with Crippen molar-refractivity contribution in [1.82, 2.24) is 0 Å². The molecule has 0 bridgehead atoms. The number of hydrogen-bond donors (Lipinski definition) is 0. The van der Waals surface area contributed by atoms with Crippen LogP contribution in [0.15, 0.2) is 0 Å². The van der Waals surface area contributed by atoms with Gasteiger partial charge >= 0.3 is 0 Å². The average Bonchev–Trinajstić information content (AvgIpc) is 2.10. The molecule has 0 unspecified atom stereocenters. The van der Waals surface area contributed by atoms with Crippen molar-refractivity contribution < 1.29 is 9.53 Å². The Hall–Kier alpha value is -0.370. The highest BCUT2D eigenvalue weighted by molar-refractivity contribution is 5.53. The van der Waals surface area contributed by atoms with Gasteiger partial charge in [0.1, 0.15) is 6.29 Å². The van der Waals surface area contributed by atoms with Gasteiger partial charge in [-0.3, -0.25) is 0 Å². The first-order chi connectivity index (χ1) is 4.93. The number of rotatable bonds is 1. The zero-order valence-corrected chi connectivity index (χ0v) is 6.80. The van der Waals surface area contributed by atoms with Crippen LogP contribution >= 0.6 is 0 Å². The fourth-order valence-electron chi connectivity index (χ4n) is 0.852. The third-order valence-corrected chi connectivity index (χ3v) is 1.46. The van der Waals surface area contributed by atoms with E-state index in [-0.39, 0.29) is 5.92 Å². The Morgan fingerprint density at radius 3 is 2.10 bits per heavy atom. The molecule has 1 saturated heterocycles. The summed E-state index contributed by atoms with van der Waals surface area (Å²) in [6.45, 7) is 5.53. The van der Waals surface area contributed by atoms with E-state index in [0.717, 1.165) is 32.3 Å². The van der Waals surface area contributed by atoms with Gasteiger partial charge in [-0.05, 0) is 12.8 Å². The summed E-state index contributed by atoms with van der Waals surface area (Å²) in [6, 6.07) is 0. The molecule has 60 valence electrons. The molecule has 1 heterocycles. The summed E-state index contributed by atoms with van der Waals surface area (Å²) < 4.78 is 5.04. The number of carbonyl (C=O) groups is 1. The zero-order valence-electron chi connectivity index (χ0n) is 6.80. The van der Waals surface area contributed by atoms with Crippen molar-refractivity contribution in [3.63, 3.8) is 0 Å². The Kier molecular flexibility index (Phi) is 6.50. The molecule has 1 fully saturated rings. The summed E-state index contributed by atoms with van der Waals surface area (Å²) in [5.41, 5.74) is 0. The molecule has 0 N–H and O–H groups in total. The monoisotopic (exact) mass is 144 g/mol. The van der Waals surface area contributed by atoms with Crippen molar-refractivity contribution in [3.05, 3.63) is 0 Å². The second kappa shape index (κ2) is 6.75. The molecule has 0 aromatic carbocycles. The van der Waals surface area contributed by atoms with Crippen molar-refractivity contribution >= 4 is 6.29 Å². The molecule has 1 aliphatic heterocycles. The molecule has 1 rings (SSSR count). The lowest BCUT2D eigenvalue weighted by molar-refractivity contribution is -0.113. The van der Waals surface area contributed by atoms with Gasteiger partial charge in [0.2, 0.25) is 0 Å². The van der Waals surface area contributed by atoms with Crippen LogP contribution in [0.5, 0.6) is 0 Å². The van der Waals surface area contributed by atoms with Crippen LogP contribution in [0.1, 0.15) is 26.7 Å². The Bertz CT molecular complexity index is 75.3. The van der Waals surface area contributed by atoms with E-state index in [1.807, 2.05) is 13.8 Å². The van der Waals surface area contributed by atoms with Crippen LogP contribution in [0.25, 0.3) is 0 Å². The number of aldehydes is 1. The van der Waals surface area contributed by atoms with Crippen LogP contribution in [0.2, 0.25) is 0 Å². The Morgan fingerprint density at radius 2 is 1.80 bits per heavy atom. The van der Waals surface area contributed by atoms with Gasteiger partial charge in [0.05, 0.1) is 0 Å². The molecule has 0 spiro atoms. The third kappa shape index (κ3) is 3.62. The first-order valence-corrected chi connectivity index (χ1v) is 3.96. The summed E-state index contributed by atoms with van der Waals surface area (Å²) in [5, 5.41) is 0. The van der Waals surface area contributed by atoms with E-state index >= 15 is 0 Å². The third-order valence-electron chi connectivity index (χ3n) is 1.46. The SMILES string of the molecule is CC.O=CC1CCOCC1. The summed E-state index contributed by atoms with van der Waals surface area (Å²) in [5.74, 6) is 0.281. The largest absolute Gasteiger partial charge is 0.381 e. The molecule has 10 heavy (non-hydrogen) atoms. The maximum absolute atomic E-state index is 10.1. The molecule has 0 aliphatic carbocycles. The van der Waals surface area contributed by atoms with Crippen molar-refractivity contribution in [1.29, 1.82) is 0 Å². The molecule has 0 saturated carbocycles. The maximum atomic E-state index is 10.1. The minimum atomic E-state index is 0.281. The fraction of sp³-hybridized carbons (Fsp3) is 0.875. The Balaban J connectivity index is 0.000000371. The van der Waals surface area contributed by atoms with Crippen molar-refractivity contribution in [2.24, 2.45) is 5.92 Å². The van der Waals surface area contributed by atoms with Gasteiger partial charge in [-0.25, -0.2) is 0 Å². The normalized spacial score (nSPS) is 19.0. The summed E-state index contributed by atoms with van der Waals surface area (Å²) in [6.07, 6.45) is 2.87. The molecule has 0 amide bonds. The fourth-order valence-corrected chi connectivity index (χ4v) is 0.852. The van der Waals surface area contributed by atoms with Crippen molar-refractivity contribution in [2.75, 3.05) is 13.2 Å². The minimum absolute atomic E-state index is 0.281. The number of carbonyl (C=O) groups excluding carboxylic acids is 1. The predicted molar refractivity (Wildman–Crippen MR) is 41.0 cm³/mol. The highest BCUT2D eigenvalue weighted by Gasteiger charge is 2.10. The zero-order chi connectivity index (χ0) is 7.82. The predicted octanol–water partition coefficient (Wildman–Crippen LogP) is 1.64. The number of ether oxygens (including phenoxy) is 1. The van der Waals surface area contributed by atoms with E-state index in [4.69, 9.17) is 4.74 Å². The highest BCUT2D eigenvalue weighted by Crippen LogP contribution is 2.10. The van der Waals surface area contributed by atoms with Crippen LogP contribution in [-0.4, -0.2) is 19.5 Å². The molecule has 0 atom stereocenters. The van der Waals surface area contributed by atoms with E-state index < -0.39 is 0 Å². The smallest absolute Gasteiger partial charge is 0.123 e. The van der Waals surface area contributed by atoms with E-state index in [2.05, 4.69) is 0 Å². The Morgan fingerprint density at radius 1 is 1.30 bits per heavy atom. The first-order valence-electron chi connectivity index (χ1n) is 3.96. The lowest BCUT2D eigenvalue weighted by atomic mass is 10.0. The van der Waals surface area contributed by atoms with Crippen LogP contribution < -0.4 is 0 Å². The van der Waals surface area contributed by atoms with Crippen LogP contribution in [0.4, 0.5) is 0 Å². The van der Waals surface area contributed by atoms with Crippen LogP contribution in [0.3, 0.4) is 0 Å². The quantitative estimate of drug-likeness (QED) is 0.523. The van der Waals surface area contributed by atoms with E-state index in [1.165, 1.54) is 0 Å². The molecule has 1 aliphatic rings. The highest BCUT2D eigenvalue weighted by atomic mass is 16.5. The minimum Gasteiger partial charge on any atom is -0.381 e. The van der Waals surface area contributed by atoms with Gasteiger partial charge in [0, 0.05) is 19.1 Å². The lowest BCUT2D eigenvalue weighted by Gasteiger charge is -2.15. The molecule has 2 nitrogen and oxygen atoms in total. The molecular formula is C8H16O2. The molecular weight excluding hydrogens is 128 g/mol. The number of hydrogen-bond acceptors (Lipinski definition) is 2. The van der Waals surface area contributed by atoms with Gasteiger partial charge in [-0.2, -0.15) is 0 Å². The Labute approximate surface area is 62.6 Å². The molecule has 2 heteroatoms. The van der Waals surface area contributed by atoms with Gasteiger partial charge in [-0.1, -0.05) is 13.8 Å². The molecule has 0 radical (unpaired) electrons. The maximum Gasteiger partial charge on any atom is 0.123 e. The van der Waals surface area contributed by atoms with Gasteiger partial charge in [-0.15, -0.1) is 0 Å². The topological polar surface area (TPSA) is 26.3 Å². The average molecular weight is 144 g/mol. The van der Waals surface area contributed by atoms with Crippen molar-refractivity contribution in [2.45, 2.75) is 26.7 Å². The van der Waals surface area contributed by atoms with Gasteiger partial charge in [0.25, 0.3) is 0 Å². The standard InChI is InChI=1S/C6H10O2.C2H6/c7-5-6-1-3-8-4-2-6;1-2/h5-6H,1-4H2;1-2H3. The molecule has 0 aromatic rings. The summed E-state index contributed by atoms with van der Waals surface area (Å²) in [4.78, 5) is 10.1. The second-order valence-electron chi connectivity index (χ2n) is 2.09. The van der Waals surface area contributed by atoms with Crippen LogP contribution in [0, 0.1) is 5.92 Å². The first kappa shape index (κ1) is 9.63. The summed E-state index contributed by atoms with van der Waals surface area (Å²) in [7, 11) is 0. The van der Waals surface area contributed by atoms with E-state index in [0.29, 0.717) is 0 Å². The van der Waals surface area contributed by atoms with E-state index in [1.54, 1.807) is 0 Å². The summed E-state index contributed by atoms with van der Waals surface area (Å²) >= 11 is 0. The van der Waals surface area contributed by atoms with E-state index in [9.17, 15) is 4.79 Å². The van der Waals surface area contributed by atoms with Gasteiger partial charge < -0.3 is 9.53 Å². The van der Waals surface area contributed by atoms with Crippen LogP contribution in [-0.2, 0) is 9.53 Å². The van der Waals surface area contributed by atoms with Crippen molar-refractivity contribution in [3.8, 4) is 0 Å². The van der Waals surface area contributed by atoms with Gasteiger partial charge in [0.15, 0.2) is 0 Å². The molecule has 0 aromatic heterocycles. The second-order valence-corrected chi connectivity index (χ2v) is 2.09. The lowest BCUT2D eigenvalue weighted by Crippen LogP contribution is -2.16.